The molecule has 0 saturated carbocycles. The number of amides is 3. The Balaban J connectivity index is 1.77. The van der Waals surface area contributed by atoms with Gasteiger partial charge in [-0.2, -0.15) is 0 Å². The molecule has 29 heavy (non-hydrogen) atoms. The van der Waals surface area contributed by atoms with Gasteiger partial charge in [0.15, 0.2) is 0 Å². The van der Waals surface area contributed by atoms with Gasteiger partial charge in [0.25, 0.3) is 5.91 Å². The standard InChI is InChI=1S/C20H21N3O5S/c1-27-16-9-15(22-20(26)13-6-4-3-5-7-13)17(28-2)8-14(16)21-18(24)10-23-12-29-11-19(23)25/h3-9H,10-12H2,1-2H3,(H,21,24)(H,22,26). The second-order valence-corrected chi connectivity index (χ2v) is 7.15. The molecule has 1 fully saturated rings. The SMILES string of the molecule is COc1cc(NC(=O)c2ccccc2)c(OC)cc1NC(=O)CN1CSCC1=O. The van der Waals surface area contributed by atoms with Gasteiger partial charge in [-0.3, -0.25) is 14.4 Å². The molecule has 1 aliphatic heterocycles. The van der Waals surface area contributed by atoms with Crippen LogP contribution in [0.5, 0.6) is 11.5 Å². The van der Waals surface area contributed by atoms with E-state index in [1.54, 1.807) is 36.4 Å². The minimum absolute atomic E-state index is 0.0379. The highest BCUT2D eigenvalue weighted by Crippen LogP contribution is 2.36. The molecule has 0 spiro atoms. The maximum Gasteiger partial charge on any atom is 0.255 e. The predicted octanol–water partition coefficient (Wildman–Crippen LogP) is 2.43. The van der Waals surface area contributed by atoms with E-state index in [-0.39, 0.29) is 24.3 Å². The van der Waals surface area contributed by atoms with Crippen molar-refractivity contribution in [3.8, 4) is 11.5 Å². The fourth-order valence-electron chi connectivity index (χ4n) is 2.78. The lowest BCUT2D eigenvalue weighted by molar-refractivity contribution is -0.130. The van der Waals surface area contributed by atoms with Crippen LogP contribution in [0.1, 0.15) is 10.4 Å². The normalized spacial score (nSPS) is 13.2. The molecule has 0 unspecified atom stereocenters. The van der Waals surface area contributed by atoms with Crippen LogP contribution in [0.2, 0.25) is 0 Å². The van der Waals surface area contributed by atoms with E-state index < -0.39 is 0 Å². The lowest BCUT2D eigenvalue weighted by Crippen LogP contribution is -2.34. The third kappa shape index (κ3) is 5.00. The summed E-state index contributed by atoms with van der Waals surface area (Å²) in [4.78, 5) is 38.0. The molecule has 1 heterocycles. The van der Waals surface area contributed by atoms with E-state index in [0.29, 0.717) is 40.1 Å². The number of nitrogens with zero attached hydrogens (tertiary/aromatic N) is 1. The van der Waals surface area contributed by atoms with Gasteiger partial charge in [0, 0.05) is 17.7 Å². The molecule has 0 bridgehead atoms. The Morgan fingerprint density at radius 1 is 1.03 bits per heavy atom. The van der Waals surface area contributed by atoms with Crippen molar-refractivity contribution in [2.75, 3.05) is 43.0 Å². The van der Waals surface area contributed by atoms with Crippen molar-refractivity contribution in [1.29, 1.82) is 0 Å². The van der Waals surface area contributed by atoms with Crippen molar-refractivity contribution in [3.63, 3.8) is 0 Å². The first-order chi connectivity index (χ1) is 14.0. The molecule has 152 valence electrons. The van der Waals surface area contributed by atoms with E-state index in [4.69, 9.17) is 9.47 Å². The summed E-state index contributed by atoms with van der Waals surface area (Å²) in [6, 6.07) is 11.9. The van der Waals surface area contributed by atoms with Gasteiger partial charge in [-0.15, -0.1) is 11.8 Å². The second kappa shape index (κ2) is 9.33. The van der Waals surface area contributed by atoms with Crippen molar-refractivity contribution >= 4 is 40.9 Å². The van der Waals surface area contributed by atoms with Crippen LogP contribution in [-0.4, -0.2) is 55.0 Å². The molecule has 2 aromatic rings. The van der Waals surface area contributed by atoms with Crippen molar-refractivity contribution in [1.82, 2.24) is 4.90 Å². The van der Waals surface area contributed by atoms with Crippen LogP contribution in [0.15, 0.2) is 42.5 Å². The molecule has 0 aliphatic carbocycles. The van der Waals surface area contributed by atoms with Crippen LogP contribution < -0.4 is 20.1 Å². The highest BCUT2D eigenvalue weighted by molar-refractivity contribution is 8.00. The third-order valence-corrected chi connectivity index (χ3v) is 5.19. The molecule has 2 aromatic carbocycles. The first-order valence-corrected chi connectivity index (χ1v) is 9.95. The first kappa shape index (κ1) is 20.5. The van der Waals surface area contributed by atoms with E-state index in [9.17, 15) is 14.4 Å². The summed E-state index contributed by atoms with van der Waals surface area (Å²) >= 11 is 1.47. The Morgan fingerprint density at radius 2 is 1.66 bits per heavy atom. The monoisotopic (exact) mass is 415 g/mol. The summed E-state index contributed by atoms with van der Waals surface area (Å²) in [6.07, 6.45) is 0. The van der Waals surface area contributed by atoms with E-state index >= 15 is 0 Å². The number of thioether (sulfide) groups is 1. The average molecular weight is 415 g/mol. The lowest BCUT2D eigenvalue weighted by Gasteiger charge is -2.18. The molecule has 8 nitrogen and oxygen atoms in total. The molecule has 9 heteroatoms. The van der Waals surface area contributed by atoms with E-state index in [1.807, 2.05) is 6.07 Å². The van der Waals surface area contributed by atoms with E-state index in [0.717, 1.165) is 0 Å². The summed E-state index contributed by atoms with van der Waals surface area (Å²) in [5.74, 6) is 0.892. The Hall–Kier alpha value is -3.20. The molecule has 2 N–H and O–H groups in total. The number of hydrogen-bond acceptors (Lipinski definition) is 6. The van der Waals surface area contributed by atoms with Crippen LogP contribution in [-0.2, 0) is 9.59 Å². The highest BCUT2D eigenvalue weighted by Gasteiger charge is 2.24. The molecular weight excluding hydrogens is 394 g/mol. The summed E-state index contributed by atoms with van der Waals surface area (Å²) in [5, 5.41) is 5.52. The topological polar surface area (TPSA) is 97.0 Å². The zero-order valence-electron chi connectivity index (χ0n) is 16.1. The fourth-order valence-corrected chi connectivity index (χ4v) is 3.68. The van der Waals surface area contributed by atoms with Gasteiger partial charge >= 0.3 is 0 Å². The molecule has 0 atom stereocenters. The number of benzene rings is 2. The molecule has 3 rings (SSSR count). The maximum atomic E-state index is 12.5. The third-order valence-electron chi connectivity index (χ3n) is 4.24. The Bertz CT molecular complexity index is 920. The average Bonchev–Trinajstić information content (AvgIpc) is 3.13. The maximum absolute atomic E-state index is 12.5. The van der Waals surface area contributed by atoms with Crippen LogP contribution in [0, 0.1) is 0 Å². The number of anilines is 2. The van der Waals surface area contributed by atoms with Crippen molar-refractivity contribution in [3.05, 3.63) is 48.0 Å². The van der Waals surface area contributed by atoms with Crippen molar-refractivity contribution in [2.24, 2.45) is 0 Å². The number of ether oxygens (including phenoxy) is 2. The smallest absolute Gasteiger partial charge is 0.255 e. The molecule has 1 aliphatic rings. The summed E-state index contributed by atoms with van der Waals surface area (Å²) in [6.45, 7) is -0.0379. The van der Waals surface area contributed by atoms with Gasteiger partial charge in [0.2, 0.25) is 11.8 Å². The molecule has 1 saturated heterocycles. The number of nitrogens with one attached hydrogen (secondary N) is 2. The summed E-state index contributed by atoms with van der Waals surface area (Å²) < 4.78 is 10.7. The number of methoxy groups -OCH3 is 2. The number of hydrogen-bond donors (Lipinski definition) is 2. The van der Waals surface area contributed by atoms with Crippen LogP contribution >= 0.6 is 11.8 Å². The number of carbonyl (C=O) groups excluding carboxylic acids is 3. The summed E-state index contributed by atoms with van der Waals surface area (Å²) in [5.41, 5.74) is 1.28. The van der Waals surface area contributed by atoms with Crippen molar-refractivity contribution < 1.29 is 23.9 Å². The largest absolute Gasteiger partial charge is 0.494 e. The van der Waals surface area contributed by atoms with Gasteiger partial charge < -0.3 is 25.0 Å². The quantitative estimate of drug-likeness (QED) is 0.721. The molecular formula is C20H21N3O5S. The van der Waals surface area contributed by atoms with Crippen LogP contribution in [0.4, 0.5) is 11.4 Å². The first-order valence-electron chi connectivity index (χ1n) is 8.79. The minimum Gasteiger partial charge on any atom is -0.494 e. The van der Waals surface area contributed by atoms with Gasteiger partial charge in [-0.05, 0) is 12.1 Å². The zero-order valence-corrected chi connectivity index (χ0v) is 16.9. The highest BCUT2D eigenvalue weighted by atomic mass is 32.2. The van der Waals surface area contributed by atoms with Gasteiger partial charge in [-0.25, -0.2) is 0 Å². The molecule has 0 aromatic heterocycles. The molecule has 0 radical (unpaired) electrons. The van der Waals surface area contributed by atoms with Crippen LogP contribution in [0.25, 0.3) is 0 Å². The van der Waals surface area contributed by atoms with Crippen molar-refractivity contribution in [2.45, 2.75) is 0 Å². The Kier molecular flexibility index (Phi) is 6.61. The van der Waals surface area contributed by atoms with Crippen LogP contribution in [0.3, 0.4) is 0 Å². The Labute approximate surface area is 172 Å². The molecule has 3 amide bonds. The number of rotatable bonds is 7. The predicted molar refractivity (Wildman–Crippen MR) is 112 cm³/mol. The Morgan fingerprint density at radius 3 is 2.21 bits per heavy atom. The lowest BCUT2D eigenvalue weighted by atomic mass is 10.2. The minimum atomic E-state index is -0.345. The van der Waals surface area contributed by atoms with Gasteiger partial charge in [0.1, 0.15) is 18.0 Å². The van der Waals surface area contributed by atoms with E-state index in [2.05, 4.69) is 10.6 Å². The number of carbonyl (C=O) groups is 3. The fraction of sp³-hybridized carbons (Fsp3) is 0.250. The van der Waals surface area contributed by atoms with Gasteiger partial charge in [-0.1, -0.05) is 18.2 Å². The zero-order chi connectivity index (χ0) is 20.8. The van der Waals surface area contributed by atoms with Gasteiger partial charge in [0.05, 0.1) is 37.2 Å². The van der Waals surface area contributed by atoms with E-state index in [1.165, 1.54) is 30.9 Å². The second-order valence-electron chi connectivity index (χ2n) is 6.19. The summed E-state index contributed by atoms with van der Waals surface area (Å²) in [7, 11) is 2.92.